The number of benzene rings is 1. The Morgan fingerprint density at radius 2 is 1.86 bits per heavy atom. The molecular weight excluding hydrogens is 291 g/mol. The lowest BCUT2D eigenvalue weighted by Crippen LogP contribution is -2.41. The van der Waals surface area contributed by atoms with Gasteiger partial charge in [-0.3, -0.25) is 0 Å². The van der Waals surface area contributed by atoms with Crippen molar-refractivity contribution in [3.63, 3.8) is 0 Å². The van der Waals surface area contributed by atoms with Crippen LogP contribution < -0.4 is 5.73 Å². The van der Waals surface area contributed by atoms with E-state index in [1.54, 1.807) is 20.9 Å². The summed E-state index contributed by atoms with van der Waals surface area (Å²) in [6, 6.07) is 2.47. The molecule has 1 fully saturated rings. The molecule has 0 aliphatic heterocycles. The van der Waals surface area contributed by atoms with Crippen LogP contribution in [-0.2, 0) is 10.0 Å². The number of halogens is 1. The highest BCUT2D eigenvalue weighted by Crippen LogP contribution is 2.33. The van der Waals surface area contributed by atoms with Crippen LogP contribution in [0.3, 0.4) is 0 Å². The number of rotatable bonds is 4. The van der Waals surface area contributed by atoms with Gasteiger partial charge in [0.05, 0.1) is 4.90 Å². The van der Waals surface area contributed by atoms with Crippen molar-refractivity contribution in [3.05, 3.63) is 29.1 Å². The third-order valence-corrected chi connectivity index (χ3v) is 6.64. The van der Waals surface area contributed by atoms with Crippen LogP contribution >= 0.6 is 0 Å². The minimum atomic E-state index is -3.63. The largest absolute Gasteiger partial charge is 0.330 e. The van der Waals surface area contributed by atoms with E-state index in [-0.39, 0.29) is 16.9 Å². The monoisotopic (exact) mass is 314 g/mol. The van der Waals surface area contributed by atoms with Crippen molar-refractivity contribution in [1.29, 1.82) is 0 Å². The molecule has 21 heavy (non-hydrogen) atoms. The predicted molar refractivity (Wildman–Crippen MR) is 81.0 cm³/mol. The van der Waals surface area contributed by atoms with Gasteiger partial charge in [-0.1, -0.05) is 6.42 Å². The van der Waals surface area contributed by atoms with Crippen molar-refractivity contribution in [2.24, 2.45) is 11.7 Å². The molecule has 0 aromatic heterocycles. The van der Waals surface area contributed by atoms with E-state index in [1.807, 2.05) is 0 Å². The van der Waals surface area contributed by atoms with Crippen molar-refractivity contribution in [2.75, 3.05) is 13.6 Å². The molecule has 1 aliphatic rings. The van der Waals surface area contributed by atoms with Crippen molar-refractivity contribution in [2.45, 2.75) is 44.0 Å². The quantitative estimate of drug-likeness (QED) is 0.926. The summed E-state index contributed by atoms with van der Waals surface area (Å²) in [7, 11) is -2.03. The zero-order chi connectivity index (χ0) is 15.8. The van der Waals surface area contributed by atoms with E-state index < -0.39 is 15.8 Å². The fourth-order valence-corrected chi connectivity index (χ4v) is 5.25. The Morgan fingerprint density at radius 1 is 1.29 bits per heavy atom. The maximum absolute atomic E-state index is 13.4. The third-order valence-electron chi connectivity index (χ3n) is 4.45. The van der Waals surface area contributed by atoms with E-state index in [1.165, 1.54) is 16.4 Å². The van der Waals surface area contributed by atoms with E-state index >= 15 is 0 Å². The first-order chi connectivity index (χ1) is 9.78. The first-order valence-electron chi connectivity index (χ1n) is 7.24. The summed E-state index contributed by atoms with van der Waals surface area (Å²) in [5.74, 6) is -0.210. The van der Waals surface area contributed by atoms with Gasteiger partial charge in [-0.15, -0.1) is 0 Å². The van der Waals surface area contributed by atoms with Gasteiger partial charge in [0.15, 0.2) is 0 Å². The van der Waals surface area contributed by atoms with E-state index in [9.17, 15) is 12.8 Å². The molecule has 2 unspecified atom stereocenters. The molecule has 1 saturated carbocycles. The summed E-state index contributed by atoms with van der Waals surface area (Å²) in [5.41, 5.74) is 6.64. The molecule has 0 bridgehead atoms. The Balaban J connectivity index is 2.43. The van der Waals surface area contributed by atoms with Gasteiger partial charge < -0.3 is 5.73 Å². The molecule has 6 heteroatoms. The van der Waals surface area contributed by atoms with Crippen molar-refractivity contribution in [1.82, 2.24) is 4.31 Å². The van der Waals surface area contributed by atoms with Gasteiger partial charge >= 0.3 is 0 Å². The molecule has 0 radical (unpaired) electrons. The SMILES string of the molecule is Cc1cc(F)cc(C)c1S(=O)(=O)N(C)C1CCCC1CN. The highest BCUT2D eigenvalue weighted by atomic mass is 32.2. The molecule has 2 atom stereocenters. The van der Waals surface area contributed by atoms with Gasteiger partial charge in [-0.05, 0) is 62.4 Å². The zero-order valence-corrected chi connectivity index (χ0v) is 13.6. The van der Waals surface area contributed by atoms with E-state index in [0.717, 1.165) is 19.3 Å². The minimum absolute atomic E-state index is 0.0659. The molecule has 4 nitrogen and oxygen atoms in total. The van der Waals surface area contributed by atoms with Crippen LogP contribution in [0.1, 0.15) is 30.4 Å². The average molecular weight is 314 g/mol. The number of nitrogens with two attached hydrogens (primary N) is 1. The van der Waals surface area contributed by atoms with E-state index in [0.29, 0.717) is 17.7 Å². The molecule has 1 aromatic rings. The van der Waals surface area contributed by atoms with Gasteiger partial charge in [0.1, 0.15) is 5.82 Å². The van der Waals surface area contributed by atoms with Crippen LogP contribution in [0, 0.1) is 25.6 Å². The predicted octanol–water partition coefficient (Wildman–Crippen LogP) is 2.19. The zero-order valence-electron chi connectivity index (χ0n) is 12.8. The molecular formula is C15H23FN2O2S. The smallest absolute Gasteiger partial charge is 0.243 e. The normalized spacial score (nSPS) is 23.0. The van der Waals surface area contributed by atoms with Gasteiger partial charge in [0, 0.05) is 13.1 Å². The van der Waals surface area contributed by atoms with Crippen LogP contribution in [0.4, 0.5) is 4.39 Å². The molecule has 1 aliphatic carbocycles. The first kappa shape index (κ1) is 16.4. The van der Waals surface area contributed by atoms with Crippen molar-refractivity contribution in [3.8, 4) is 0 Å². The second-order valence-corrected chi connectivity index (χ2v) is 7.82. The summed E-state index contributed by atoms with van der Waals surface area (Å²) in [4.78, 5) is 0.217. The minimum Gasteiger partial charge on any atom is -0.330 e. The first-order valence-corrected chi connectivity index (χ1v) is 8.68. The number of nitrogens with zero attached hydrogens (tertiary/aromatic N) is 1. The fraction of sp³-hybridized carbons (Fsp3) is 0.600. The van der Waals surface area contributed by atoms with Gasteiger partial charge in [0.2, 0.25) is 10.0 Å². The number of hydrogen-bond acceptors (Lipinski definition) is 3. The highest BCUT2D eigenvalue weighted by Gasteiger charge is 2.37. The van der Waals surface area contributed by atoms with Gasteiger partial charge in [-0.25, -0.2) is 12.8 Å². The summed E-state index contributed by atoms with van der Waals surface area (Å²) in [6.45, 7) is 3.75. The van der Waals surface area contributed by atoms with Gasteiger partial charge in [-0.2, -0.15) is 4.31 Å². The van der Waals surface area contributed by atoms with Crippen LogP contribution in [0.2, 0.25) is 0 Å². The number of aryl methyl sites for hydroxylation is 2. The van der Waals surface area contributed by atoms with E-state index in [2.05, 4.69) is 0 Å². The average Bonchev–Trinajstić information content (AvgIpc) is 2.83. The Labute approximate surface area is 126 Å². The summed E-state index contributed by atoms with van der Waals surface area (Å²) < 4.78 is 40.6. The number of sulfonamides is 1. The Bertz CT molecular complexity index is 608. The second-order valence-electron chi connectivity index (χ2n) is 5.88. The molecule has 0 saturated heterocycles. The van der Waals surface area contributed by atoms with Crippen LogP contribution in [-0.4, -0.2) is 32.4 Å². The third kappa shape index (κ3) is 2.98. The standard InChI is InChI=1S/C15H23FN2O2S/c1-10-7-13(16)8-11(2)15(10)21(19,20)18(3)14-6-4-5-12(14)9-17/h7-8,12,14H,4-6,9,17H2,1-3H3. The maximum atomic E-state index is 13.4. The lowest BCUT2D eigenvalue weighted by atomic mass is 10.0. The maximum Gasteiger partial charge on any atom is 0.243 e. The van der Waals surface area contributed by atoms with Crippen molar-refractivity contribution >= 4 is 10.0 Å². The summed E-state index contributed by atoms with van der Waals surface area (Å²) in [5, 5.41) is 0. The molecule has 2 N–H and O–H groups in total. The summed E-state index contributed by atoms with van der Waals surface area (Å²) >= 11 is 0. The molecule has 0 heterocycles. The van der Waals surface area contributed by atoms with Crippen molar-refractivity contribution < 1.29 is 12.8 Å². The van der Waals surface area contributed by atoms with Crippen LogP contribution in [0.25, 0.3) is 0 Å². The summed E-state index contributed by atoms with van der Waals surface area (Å²) in [6.07, 6.45) is 2.78. The lowest BCUT2D eigenvalue weighted by Gasteiger charge is -2.29. The van der Waals surface area contributed by atoms with Gasteiger partial charge in [0.25, 0.3) is 0 Å². The van der Waals surface area contributed by atoms with E-state index in [4.69, 9.17) is 5.73 Å². The Morgan fingerprint density at radius 3 is 2.38 bits per heavy atom. The second kappa shape index (κ2) is 6.02. The molecule has 0 amide bonds. The molecule has 0 spiro atoms. The number of hydrogen-bond donors (Lipinski definition) is 1. The Kier molecular flexibility index (Phi) is 4.70. The topological polar surface area (TPSA) is 63.4 Å². The highest BCUT2D eigenvalue weighted by molar-refractivity contribution is 7.89. The van der Waals surface area contributed by atoms with Crippen LogP contribution in [0.15, 0.2) is 17.0 Å². The lowest BCUT2D eigenvalue weighted by molar-refractivity contribution is 0.304. The molecule has 2 rings (SSSR count). The fourth-order valence-electron chi connectivity index (χ4n) is 3.40. The Hall–Kier alpha value is -0.980. The molecule has 118 valence electrons. The molecule has 1 aromatic carbocycles. The van der Waals surface area contributed by atoms with Crippen LogP contribution in [0.5, 0.6) is 0 Å².